The van der Waals surface area contributed by atoms with Crippen LogP contribution in [0.2, 0.25) is 10.0 Å². The van der Waals surface area contributed by atoms with Crippen LogP contribution in [0.3, 0.4) is 0 Å². The Morgan fingerprint density at radius 2 is 1.85 bits per heavy atom. The predicted molar refractivity (Wildman–Crippen MR) is 106 cm³/mol. The summed E-state index contributed by atoms with van der Waals surface area (Å²) < 4.78 is 10.9. The minimum Gasteiger partial charge on any atom is -0.493 e. The van der Waals surface area contributed by atoms with Crippen LogP contribution in [0, 0.1) is 0 Å². The number of ether oxygens (including phenoxy) is 2. The second-order valence-electron chi connectivity index (χ2n) is 5.89. The number of halogens is 2. The number of Topliss-reactive ketones (excluding diaryl/α,β-unsaturated/α-hetero) is 1. The van der Waals surface area contributed by atoms with Crippen LogP contribution >= 0.6 is 23.2 Å². The van der Waals surface area contributed by atoms with Gasteiger partial charge in [-0.2, -0.15) is 0 Å². The summed E-state index contributed by atoms with van der Waals surface area (Å²) >= 11 is 11.9. The number of carbonyl (C=O) groups excluding carboxylic acids is 2. The van der Waals surface area contributed by atoms with E-state index < -0.39 is 0 Å². The Bertz CT molecular complexity index is 824. The van der Waals surface area contributed by atoms with Gasteiger partial charge in [-0.1, -0.05) is 29.3 Å². The van der Waals surface area contributed by atoms with Crippen molar-refractivity contribution in [2.75, 3.05) is 13.7 Å². The Balaban J connectivity index is 1.76. The Hall–Kier alpha value is -2.24. The van der Waals surface area contributed by atoms with E-state index in [1.165, 1.54) is 14.0 Å². The first-order valence-corrected chi connectivity index (χ1v) is 9.18. The first kappa shape index (κ1) is 21.1. The van der Waals surface area contributed by atoms with Gasteiger partial charge in [0, 0.05) is 28.6 Å². The van der Waals surface area contributed by atoms with Crippen molar-refractivity contribution in [1.29, 1.82) is 0 Å². The van der Waals surface area contributed by atoms with Gasteiger partial charge in [-0.25, -0.2) is 0 Å². The van der Waals surface area contributed by atoms with Crippen molar-refractivity contribution in [2.24, 2.45) is 0 Å². The molecule has 2 aromatic carbocycles. The maximum Gasteiger partial charge on any atom is 0.220 e. The third-order valence-electron chi connectivity index (χ3n) is 3.87. The van der Waals surface area contributed by atoms with E-state index in [1.807, 2.05) is 0 Å². The minimum atomic E-state index is -0.0940. The number of carbonyl (C=O) groups is 2. The van der Waals surface area contributed by atoms with Gasteiger partial charge in [-0.05, 0) is 49.2 Å². The molecule has 144 valence electrons. The van der Waals surface area contributed by atoms with Gasteiger partial charge in [0.05, 0.1) is 13.7 Å². The molecule has 1 N–H and O–H groups in total. The van der Waals surface area contributed by atoms with Gasteiger partial charge in [-0.15, -0.1) is 0 Å². The highest BCUT2D eigenvalue weighted by molar-refractivity contribution is 6.35. The lowest BCUT2D eigenvalue weighted by molar-refractivity contribution is -0.121. The number of benzene rings is 2. The number of methoxy groups -OCH3 is 1. The van der Waals surface area contributed by atoms with Crippen molar-refractivity contribution in [3.63, 3.8) is 0 Å². The zero-order valence-electron chi connectivity index (χ0n) is 15.2. The summed E-state index contributed by atoms with van der Waals surface area (Å²) in [7, 11) is 1.52. The Kier molecular flexibility index (Phi) is 7.95. The van der Waals surface area contributed by atoms with Crippen molar-refractivity contribution in [2.45, 2.75) is 26.3 Å². The summed E-state index contributed by atoms with van der Waals surface area (Å²) in [5.74, 6) is 0.890. The second-order valence-corrected chi connectivity index (χ2v) is 6.73. The molecule has 0 saturated carbocycles. The van der Waals surface area contributed by atoms with E-state index in [0.717, 1.165) is 5.56 Å². The van der Waals surface area contributed by atoms with Crippen molar-refractivity contribution in [1.82, 2.24) is 5.32 Å². The molecule has 0 bridgehead atoms. The number of hydrogen-bond donors (Lipinski definition) is 1. The fourth-order valence-electron chi connectivity index (χ4n) is 2.37. The van der Waals surface area contributed by atoms with Crippen molar-refractivity contribution in [3.8, 4) is 11.5 Å². The molecule has 27 heavy (non-hydrogen) atoms. The quantitative estimate of drug-likeness (QED) is 0.482. The van der Waals surface area contributed by atoms with E-state index in [9.17, 15) is 9.59 Å². The molecule has 5 nitrogen and oxygen atoms in total. The van der Waals surface area contributed by atoms with Crippen LogP contribution in [0.15, 0.2) is 36.4 Å². The minimum absolute atomic E-state index is 0.0442. The smallest absolute Gasteiger partial charge is 0.220 e. The van der Waals surface area contributed by atoms with Crippen LogP contribution in [0.4, 0.5) is 0 Å². The normalized spacial score (nSPS) is 10.4. The third-order valence-corrected chi connectivity index (χ3v) is 4.45. The van der Waals surface area contributed by atoms with Crippen LogP contribution < -0.4 is 14.8 Å². The van der Waals surface area contributed by atoms with Gasteiger partial charge in [0.15, 0.2) is 17.3 Å². The first-order valence-electron chi connectivity index (χ1n) is 8.43. The fourth-order valence-corrected chi connectivity index (χ4v) is 2.84. The van der Waals surface area contributed by atoms with Gasteiger partial charge >= 0.3 is 0 Å². The molecular formula is C20H21Cl2NO4. The molecule has 0 unspecified atom stereocenters. The molecule has 2 aromatic rings. The largest absolute Gasteiger partial charge is 0.493 e. The summed E-state index contributed by atoms with van der Waals surface area (Å²) in [5.41, 5.74) is 1.36. The molecule has 7 heteroatoms. The lowest BCUT2D eigenvalue weighted by Crippen LogP contribution is -2.23. The van der Waals surface area contributed by atoms with Crippen LogP contribution in [0.1, 0.15) is 35.7 Å². The average molecular weight is 410 g/mol. The molecule has 0 aliphatic carbocycles. The summed E-state index contributed by atoms with van der Waals surface area (Å²) in [6.07, 6.45) is 0.858. The lowest BCUT2D eigenvalue weighted by Gasteiger charge is -2.12. The van der Waals surface area contributed by atoms with E-state index in [-0.39, 0.29) is 11.7 Å². The molecule has 0 atom stereocenters. The maximum absolute atomic E-state index is 12.0. The Labute approximate surface area is 168 Å². The predicted octanol–water partition coefficient (Wildman–Crippen LogP) is 4.68. The van der Waals surface area contributed by atoms with E-state index in [1.54, 1.807) is 36.4 Å². The third kappa shape index (κ3) is 6.45. The van der Waals surface area contributed by atoms with Crippen molar-refractivity contribution in [3.05, 3.63) is 57.6 Å². The van der Waals surface area contributed by atoms with E-state index >= 15 is 0 Å². The fraction of sp³-hybridized carbons (Fsp3) is 0.300. The number of rotatable bonds is 9. The molecule has 0 spiro atoms. The topological polar surface area (TPSA) is 64.6 Å². The van der Waals surface area contributed by atoms with E-state index in [0.29, 0.717) is 53.1 Å². The molecular weight excluding hydrogens is 389 g/mol. The maximum atomic E-state index is 12.0. The molecule has 0 aliphatic heterocycles. The molecule has 0 aromatic heterocycles. The highest BCUT2D eigenvalue weighted by Crippen LogP contribution is 2.28. The molecule has 0 heterocycles. The molecule has 0 radical (unpaired) electrons. The van der Waals surface area contributed by atoms with Crippen LogP contribution in [-0.4, -0.2) is 25.4 Å². The van der Waals surface area contributed by atoms with Crippen LogP contribution in [0.25, 0.3) is 0 Å². The van der Waals surface area contributed by atoms with Crippen molar-refractivity contribution < 1.29 is 19.1 Å². The highest BCUT2D eigenvalue weighted by atomic mass is 35.5. The molecule has 2 rings (SSSR count). The molecule has 1 amide bonds. The van der Waals surface area contributed by atoms with Gasteiger partial charge < -0.3 is 14.8 Å². The monoisotopic (exact) mass is 409 g/mol. The highest BCUT2D eigenvalue weighted by Gasteiger charge is 2.09. The summed E-state index contributed by atoms with van der Waals surface area (Å²) in [4.78, 5) is 23.4. The molecule has 0 aliphatic rings. The molecule has 0 fully saturated rings. The zero-order valence-corrected chi connectivity index (χ0v) is 16.7. The van der Waals surface area contributed by atoms with Crippen molar-refractivity contribution >= 4 is 34.9 Å². The van der Waals surface area contributed by atoms with Gasteiger partial charge in [-0.3, -0.25) is 9.59 Å². The van der Waals surface area contributed by atoms with Gasteiger partial charge in [0.1, 0.15) is 0 Å². The summed E-state index contributed by atoms with van der Waals surface area (Å²) in [6, 6.07) is 10.2. The number of amides is 1. The standard InChI is InChI=1S/C20H21Cl2NO4/c1-13(24)14-6-8-18(19(10-14)26-2)27-9-3-4-20(25)23-12-15-5-7-16(21)11-17(15)22/h5-8,10-11H,3-4,9,12H2,1-2H3,(H,23,25). The average Bonchev–Trinajstić information content (AvgIpc) is 2.64. The summed E-state index contributed by atoms with van der Waals surface area (Å²) in [6.45, 7) is 2.19. The van der Waals surface area contributed by atoms with E-state index in [2.05, 4.69) is 5.32 Å². The number of hydrogen-bond acceptors (Lipinski definition) is 4. The van der Waals surface area contributed by atoms with Gasteiger partial charge in [0.2, 0.25) is 5.91 Å². The van der Waals surface area contributed by atoms with Crippen LogP contribution in [-0.2, 0) is 11.3 Å². The zero-order chi connectivity index (χ0) is 19.8. The SMILES string of the molecule is COc1cc(C(C)=O)ccc1OCCCC(=O)NCc1ccc(Cl)cc1Cl. The van der Waals surface area contributed by atoms with Gasteiger partial charge in [0.25, 0.3) is 0 Å². The van der Waals surface area contributed by atoms with Crippen LogP contribution in [0.5, 0.6) is 11.5 Å². The lowest BCUT2D eigenvalue weighted by atomic mass is 10.1. The molecule has 0 saturated heterocycles. The number of nitrogens with one attached hydrogen (secondary N) is 1. The Morgan fingerprint density at radius 3 is 2.52 bits per heavy atom. The number of ketones is 1. The summed E-state index contributed by atoms with van der Waals surface area (Å²) in [5, 5.41) is 3.89. The Morgan fingerprint density at radius 1 is 1.07 bits per heavy atom. The second kappa shape index (κ2) is 10.2. The van der Waals surface area contributed by atoms with E-state index in [4.69, 9.17) is 32.7 Å². The first-order chi connectivity index (χ1) is 12.9.